The second kappa shape index (κ2) is 8.11. The highest BCUT2D eigenvalue weighted by atomic mass is 19.4. The first-order valence-electron chi connectivity index (χ1n) is 6.10. The zero-order valence-corrected chi connectivity index (χ0v) is 11.0. The number of rotatable bonds is 7. The van der Waals surface area contributed by atoms with Gasteiger partial charge < -0.3 is 4.74 Å². The van der Waals surface area contributed by atoms with Crippen molar-refractivity contribution in [1.29, 1.82) is 0 Å². The van der Waals surface area contributed by atoms with Crippen LogP contribution in [0.3, 0.4) is 0 Å². The molecule has 0 saturated heterocycles. The van der Waals surface area contributed by atoms with E-state index < -0.39 is 24.6 Å². The minimum Gasteiger partial charge on any atom is -0.462 e. The molecule has 1 rings (SSSR count). The topological polar surface area (TPSA) is 88.0 Å². The van der Waals surface area contributed by atoms with E-state index in [0.717, 1.165) is 0 Å². The van der Waals surface area contributed by atoms with Crippen molar-refractivity contribution in [2.45, 2.75) is 31.5 Å². The molecule has 0 aromatic carbocycles. The zero-order valence-electron chi connectivity index (χ0n) is 11.0. The molecule has 1 aromatic heterocycles. The molecule has 114 valence electrons. The summed E-state index contributed by atoms with van der Waals surface area (Å²) in [6, 6.07) is 1.89. The highest BCUT2D eigenvalue weighted by molar-refractivity contribution is 5.88. The van der Waals surface area contributed by atoms with Gasteiger partial charge in [0.15, 0.2) is 0 Å². The van der Waals surface area contributed by atoms with Crippen molar-refractivity contribution in [2.24, 2.45) is 5.11 Å². The minimum absolute atomic E-state index is 0.0100. The maximum absolute atomic E-state index is 12.2. The van der Waals surface area contributed by atoms with Crippen LogP contribution in [0.1, 0.15) is 29.6 Å². The summed E-state index contributed by atoms with van der Waals surface area (Å²) in [5.74, 6) is -0.598. The van der Waals surface area contributed by atoms with E-state index in [2.05, 4.69) is 15.0 Å². The Morgan fingerprint density at radius 1 is 1.52 bits per heavy atom. The second-order valence-corrected chi connectivity index (χ2v) is 4.20. The average Bonchev–Trinajstić information content (AvgIpc) is 2.43. The number of azide groups is 1. The third-order valence-corrected chi connectivity index (χ3v) is 2.49. The van der Waals surface area contributed by atoms with Crippen LogP contribution in [0.2, 0.25) is 0 Å². The molecule has 0 bridgehead atoms. The van der Waals surface area contributed by atoms with Crippen molar-refractivity contribution in [2.75, 3.05) is 6.61 Å². The lowest BCUT2D eigenvalue weighted by Crippen LogP contribution is -2.18. The summed E-state index contributed by atoms with van der Waals surface area (Å²) in [4.78, 5) is 17.7. The smallest absolute Gasteiger partial charge is 0.389 e. The van der Waals surface area contributed by atoms with Gasteiger partial charge >= 0.3 is 12.1 Å². The third-order valence-electron chi connectivity index (χ3n) is 2.49. The lowest BCUT2D eigenvalue weighted by atomic mass is 10.1. The zero-order chi connectivity index (χ0) is 15.7. The number of esters is 1. The summed E-state index contributed by atoms with van der Waals surface area (Å²) in [5, 5.41) is 3.09. The molecule has 0 aliphatic heterocycles. The number of aromatic nitrogens is 1. The summed E-state index contributed by atoms with van der Waals surface area (Å²) in [6.45, 7) is -0.0525. The van der Waals surface area contributed by atoms with E-state index in [1.54, 1.807) is 6.07 Å². The Labute approximate surface area is 118 Å². The molecule has 0 saturated carbocycles. The van der Waals surface area contributed by atoms with Gasteiger partial charge in [0.25, 0.3) is 0 Å². The number of carbonyl (C=O) groups is 1. The van der Waals surface area contributed by atoms with Crippen LogP contribution in [0.5, 0.6) is 0 Å². The van der Waals surface area contributed by atoms with E-state index in [1.165, 1.54) is 18.5 Å². The molecule has 1 atom stereocenters. The first-order chi connectivity index (χ1) is 9.92. The fourth-order valence-corrected chi connectivity index (χ4v) is 1.59. The van der Waals surface area contributed by atoms with Crippen LogP contribution in [0.15, 0.2) is 29.6 Å². The summed E-state index contributed by atoms with van der Waals surface area (Å²) in [7, 11) is 0. The van der Waals surface area contributed by atoms with Crippen molar-refractivity contribution < 1.29 is 22.7 Å². The van der Waals surface area contributed by atoms with Crippen LogP contribution in [-0.4, -0.2) is 29.8 Å². The van der Waals surface area contributed by atoms with Gasteiger partial charge in [-0.15, -0.1) is 0 Å². The number of hydrogen-bond acceptors (Lipinski definition) is 4. The molecule has 0 aliphatic rings. The highest BCUT2D eigenvalue weighted by Gasteiger charge is 2.31. The molecule has 1 unspecified atom stereocenters. The van der Waals surface area contributed by atoms with E-state index in [9.17, 15) is 18.0 Å². The Bertz CT molecular complexity index is 501. The molecule has 0 fully saturated rings. The quantitative estimate of drug-likeness (QED) is 0.253. The maximum Gasteiger partial charge on any atom is 0.389 e. The van der Waals surface area contributed by atoms with Gasteiger partial charge in [-0.1, -0.05) is 5.11 Å². The molecule has 1 aromatic rings. The molecule has 0 amide bonds. The van der Waals surface area contributed by atoms with E-state index in [0.29, 0.717) is 0 Å². The predicted molar refractivity (Wildman–Crippen MR) is 67.4 cm³/mol. The second-order valence-electron chi connectivity index (χ2n) is 4.20. The lowest BCUT2D eigenvalue weighted by molar-refractivity contribution is -0.138. The molecule has 1 heterocycles. The standard InChI is InChI=1S/C12H13F3N4O2/c13-12(14,15)7-10(18-19-16)4-2-6-21-11(20)9-3-1-5-17-8-9/h1,3,5,8,10H,2,4,6-7H2. The fraction of sp³-hybridized carbons (Fsp3) is 0.500. The van der Waals surface area contributed by atoms with Crippen molar-refractivity contribution in [3.8, 4) is 0 Å². The SMILES string of the molecule is [N-]=[N+]=NC(CCCOC(=O)c1cccnc1)CC(F)(F)F. The van der Waals surface area contributed by atoms with Crippen LogP contribution in [-0.2, 0) is 4.74 Å². The summed E-state index contributed by atoms with van der Waals surface area (Å²) in [6.07, 6.45) is -2.60. The van der Waals surface area contributed by atoms with Crippen LogP contribution in [0.25, 0.3) is 10.4 Å². The molecule has 0 spiro atoms. The van der Waals surface area contributed by atoms with E-state index in [4.69, 9.17) is 10.3 Å². The Morgan fingerprint density at radius 2 is 2.29 bits per heavy atom. The number of nitrogens with zero attached hydrogens (tertiary/aromatic N) is 4. The molecule has 6 nitrogen and oxygen atoms in total. The molecule has 21 heavy (non-hydrogen) atoms. The lowest BCUT2D eigenvalue weighted by Gasteiger charge is -2.13. The van der Waals surface area contributed by atoms with Crippen molar-refractivity contribution in [3.63, 3.8) is 0 Å². The molecule has 9 heteroatoms. The van der Waals surface area contributed by atoms with Crippen LogP contribution >= 0.6 is 0 Å². The van der Waals surface area contributed by atoms with E-state index >= 15 is 0 Å². The first-order valence-corrected chi connectivity index (χ1v) is 6.10. The molecular weight excluding hydrogens is 289 g/mol. The number of carbonyl (C=O) groups excluding carboxylic acids is 1. The highest BCUT2D eigenvalue weighted by Crippen LogP contribution is 2.25. The normalized spacial score (nSPS) is 12.3. The van der Waals surface area contributed by atoms with E-state index in [-0.39, 0.29) is 25.0 Å². The van der Waals surface area contributed by atoms with Crippen molar-refractivity contribution in [1.82, 2.24) is 4.98 Å². The van der Waals surface area contributed by atoms with Gasteiger partial charge in [0.05, 0.1) is 18.6 Å². The Balaban J connectivity index is 2.34. The first kappa shape index (κ1) is 16.8. The van der Waals surface area contributed by atoms with Gasteiger partial charge in [-0.05, 0) is 30.5 Å². The fourth-order valence-electron chi connectivity index (χ4n) is 1.59. The Kier molecular flexibility index (Phi) is 6.48. The number of pyridine rings is 1. The number of ether oxygens (including phenoxy) is 1. The monoisotopic (exact) mass is 302 g/mol. The number of hydrogen-bond donors (Lipinski definition) is 0. The van der Waals surface area contributed by atoms with Crippen LogP contribution in [0, 0.1) is 0 Å². The summed E-state index contributed by atoms with van der Waals surface area (Å²) >= 11 is 0. The molecular formula is C12H13F3N4O2. The average molecular weight is 302 g/mol. The predicted octanol–water partition coefficient (Wildman–Crippen LogP) is 3.65. The van der Waals surface area contributed by atoms with Crippen LogP contribution in [0.4, 0.5) is 13.2 Å². The largest absolute Gasteiger partial charge is 0.462 e. The molecule has 0 aliphatic carbocycles. The van der Waals surface area contributed by atoms with Crippen molar-refractivity contribution >= 4 is 5.97 Å². The van der Waals surface area contributed by atoms with Gasteiger partial charge in [-0.3, -0.25) is 4.98 Å². The van der Waals surface area contributed by atoms with Gasteiger partial charge in [-0.25, -0.2) is 4.79 Å². The summed E-state index contributed by atoms with van der Waals surface area (Å²) in [5.41, 5.74) is 8.49. The minimum atomic E-state index is -4.40. The number of halogens is 3. The molecule has 0 radical (unpaired) electrons. The Hall–Kier alpha value is -2.28. The van der Waals surface area contributed by atoms with Crippen LogP contribution < -0.4 is 0 Å². The maximum atomic E-state index is 12.2. The summed E-state index contributed by atoms with van der Waals surface area (Å²) < 4.78 is 41.5. The number of alkyl halides is 3. The van der Waals surface area contributed by atoms with Gasteiger partial charge in [0.1, 0.15) is 0 Å². The van der Waals surface area contributed by atoms with Gasteiger partial charge in [0, 0.05) is 23.3 Å². The molecule has 0 N–H and O–H groups in total. The Morgan fingerprint density at radius 3 is 2.86 bits per heavy atom. The van der Waals surface area contributed by atoms with Gasteiger partial charge in [0.2, 0.25) is 0 Å². The third kappa shape index (κ3) is 7.17. The van der Waals surface area contributed by atoms with Gasteiger partial charge in [-0.2, -0.15) is 13.2 Å². The van der Waals surface area contributed by atoms with E-state index in [1.807, 2.05) is 0 Å². The van der Waals surface area contributed by atoms with Crippen molar-refractivity contribution in [3.05, 3.63) is 40.5 Å².